The molecule has 0 unspecified atom stereocenters. The van der Waals surface area contributed by atoms with Gasteiger partial charge in [-0.3, -0.25) is 0 Å². The molecule has 5 heteroatoms. The number of phenols is 1. The fourth-order valence-electron chi connectivity index (χ4n) is 1.25. The molecule has 0 fully saturated rings. The zero-order valence-corrected chi connectivity index (χ0v) is 9.20. The van der Waals surface area contributed by atoms with Gasteiger partial charge in [0.15, 0.2) is 5.15 Å². The van der Waals surface area contributed by atoms with Gasteiger partial charge in [-0.15, -0.1) is 0 Å². The minimum atomic E-state index is 0.244. The van der Waals surface area contributed by atoms with Gasteiger partial charge >= 0.3 is 0 Å². The number of hydrogen-bond acceptors (Lipinski definition) is 2. The molecule has 15 heavy (non-hydrogen) atoms. The molecule has 2 rings (SSSR count). The summed E-state index contributed by atoms with van der Waals surface area (Å²) in [5, 5.41) is 9.84. The lowest BCUT2D eigenvalue weighted by molar-refractivity contribution is 0.475. The number of aromatic nitrogens is 2. The Morgan fingerprint density at radius 1 is 1.20 bits per heavy atom. The summed E-state index contributed by atoms with van der Waals surface area (Å²) in [6.07, 6.45) is 1.58. The Morgan fingerprint density at radius 2 is 1.87 bits per heavy atom. The molecule has 0 radical (unpaired) electrons. The molecule has 1 heterocycles. The quantitative estimate of drug-likeness (QED) is 0.880. The van der Waals surface area contributed by atoms with Crippen LogP contribution in [-0.2, 0) is 6.54 Å². The highest BCUT2D eigenvalue weighted by molar-refractivity contribution is 6.40. The lowest BCUT2D eigenvalue weighted by atomic mass is 10.2. The van der Waals surface area contributed by atoms with Crippen molar-refractivity contribution in [3.63, 3.8) is 0 Å². The zero-order valence-electron chi connectivity index (χ0n) is 7.69. The van der Waals surface area contributed by atoms with E-state index in [0.29, 0.717) is 16.9 Å². The zero-order chi connectivity index (χ0) is 10.8. The summed E-state index contributed by atoms with van der Waals surface area (Å²) in [6.45, 7) is 0.582. The van der Waals surface area contributed by atoms with E-state index in [2.05, 4.69) is 4.98 Å². The number of aromatic hydroxyl groups is 1. The van der Waals surface area contributed by atoms with Crippen LogP contribution in [0.15, 0.2) is 30.6 Å². The number of benzene rings is 1. The van der Waals surface area contributed by atoms with Gasteiger partial charge < -0.3 is 9.67 Å². The highest BCUT2D eigenvalue weighted by Crippen LogP contribution is 2.21. The van der Waals surface area contributed by atoms with Gasteiger partial charge in [0.05, 0.1) is 6.33 Å². The van der Waals surface area contributed by atoms with E-state index < -0.39 is 0 Å². The van der Waals surface area contributed by atoms with Gasteiger partial charge in [-0.2, -0.15) is 0 Å². The summed E-state index contributed by atoms with van der Waals surface area (Å²) in [7, 11) is 0. The van der Waals surface area contributed by atoms with Crippen LogP contribution in [0.25, 0.3) is 0 Å². The van der Waals surface area contributed by atoms with E-state index in [1.54, 1.807) is 23.0 Å². The van der Waals surface area contributed by atoms with Crippen molar-refractivity contribution in [3.05, 3.63) is 46.5 Å². The van der Waals surface area contributed by atoms with Crippen molar-refractivity contribution in [3.8, 4) is 5.75 Å². The molecule has 0 aliphatic carbocycles. The summed E-state index contributed by atoms with van der Waals surface area (Å²) in [6, 6.07) is 6.89. The Balaban J connectivity index is 2.22. The molecular weight excluding hydrogens is 235 g/mol. The standard InChI is InChI=1S/C10H8Cl2N2O/c11-9-10(12)14(6-13-9)5-7-1-3-8(15)4-2-7/h1-4,6,15H,5H2. The Hall–Kier alpha value is -1.19. The third-order valence-electron chi connectivity index (χ3n) is 2.02. The smallest absolute Gasteiger partial charge is 0.166 e. The van der Waals surface area contributed by atoms with Crippen LogP contribution in [0.5, 0.6) is 5.75 Å². The monoisotopic (exact) mass is 242 g/mol. The summed E-state index contributed by atoms with van der Waals surface area (Å²) in [5.74, 6) is 0.244. The highest BCUT2D eigenvalue weighted by Gasteiger charge is 2.05. The summed E-state index contributed by atoms with van der Waals surface area (Å²) < 4.78 is 1.73. The molecule has 1 N–H and O–H groups in total. The molecule has 1 aromatic carbocycles. The van der Waals surface area contributed by atoms with Gasteiger partial charge in [0.1, 0.15) is 10.9 Å². The Bertz CT molecular complexity index is 465. The van der Waals surface area contributed by atoms with Crippen molar-refractivity contribution in [1.82, 2.24) is 9.55 Å². The average molecular weight is 243 g/mol. The molecule has 0 aliphatic rings. The third kappa shape index (κ3) is 2.25. The lowest BCUT2D eigenvalue weighted by Crippen LogP contribution is -1.97. The molecule has 1 aromatic heterocycles. The van der Waals surface area contributed by atoms with Crippen molar-refractivity contribution >= 4 is 23.2 Å². The molecule has 78 valence electrons. The van der Waals surface area contributed by atoms with E-state index in [1.165, 1.54) is 0 Å². The number of hydrogen-bond donors (Lipinski definition) is 1. The third-order valence-corrected chi connectivity index (χ3v) is 2.79. The van der Waals surface area contributed by atoms with E-state index >= 15 is 0 Å². The van der Waals surface area contributed by atoms with Gasteiger partial charge in [-0.1, -0.05) is 35.3 Å². The van der Waals surface area contributed by atoms with Crippen LogP contribution in [0.1, 0.15) is 5.56 Å². The maximum atomic E-state index is 9.12. The molecule has 0 bridgehead atoms. The van der Waals surface area contributed by atoms with Crippen LogP contribution in [0, 0.1) is 0 Å². The number of phenolic OH excluding ortho intramolecular Hbond substituents is 1. The number of rotatable bonds is 2. The maximum Gasteiger partial charge on any atom is 0.166 e. The molecule has 0 aliphatic heterocycles. The van der Waals surface area contributed by atoms with Gasteiger partial charge in [0.2, 0.25) is 0 Å². The van der Waals surface area contributed by atoms with E-state index in [0.717, 1.165) is 5.56 Å². The first-order valence-corrected chi connectivity index (χ1v) is 5.06. The molecule has 0 spiro atoms. The molecule has 3 nitrogen and oxygen atoms in total. The summed E-state index contributed by atoms with van der Waals surface area (Å²) >= 11 is 11.6. The predicted molar refractivity (Wildman–Crippen MR) is 59.5 cm³/mol. The van der Waals surface area contributed by atoms with Crippen molar-refractivity contribution in [2.45, 2.75) is 6.54 Å². The molecular formula is C10H8Cl2N2O. The van der Waals surface area contributed by atoms with Crippen molar-refractivity contribution in [1.29, 1.82) is 0 Å². The Kier molecular flexibility index (Phi) is 2.84. The molecule has 0 saturated heterocycles. The van der Waals surface area contributed by atoms with Crippen molar-refractivity contribution in [2.75, 3.05) is 0 Å². The SMILES string of the molecule is Oc1ccc(Cn2cnc(Cl)c2Cl)cc1. The van der Waals surface area contributed by atoms with Crippen LogP contribution in [0.3, 0.4) is 0 Å². The van der Waals surface area contributed by atoms with Gasteiger partial charge in [0.25, 0.3) is 0 Å². The van der Waals surface area contributed by atoms with Crippen LogP contribution < -0.4 is 0 Å². The second-order valence-electron chi connectivity index (χ2n) is 3.12. The van der Waals surface area contributed by atoms with Gasteiger partial charge in [0, 0.05) is 6.54 Å². The maximum absolute atomic E-state index is 9.12. The Morgan fingerprint density at radius 3 is 2.40 bits per heavy atom. The fourth-order valence-corrected chi connectivity index (χ4v) is 1.56. The normalized spacial score (nSPS) is 10.5. The van der Waals surface area contributed by atoms with E-state index in [9.17, 15) is 0 Å². The average Bonchev–Trinajstić information content (AvgIpc) is 2.53. The summed E-state index contributed by atoms with van der Waals surface area (Å²) in [5.41, 5.74) is 1.02. The minimum Gasteiger partial charge on any atom is -0.508 e. The van der Waals surface area contributed by atoms with Crippen LogP contribution in [0.4, 0.5) is 0 Å². The number of nitrogens with zero attached hydrogens (tertiary/aromatic N) is 2. The highest BCUT2D eigenvalue weighted by atomic mass is 35.5. The molecule has 0 saturated carbocycles. The number of imidazole rings is 1. The van der Waals surface area contributed by atoms with E-state index in [-0.39, 0.29) is 5.75 Å². The molecule has 0 amide bonds. The molecule has 2 aromatic rings. The second kappa shape index (κ2) is 4.13. The minimum absolute atomic E-state index is 0.244. The molecule has 0 atom stereocenters. The van der Waals surface area contributed by atoms with E-state index in [1.807, 2.05) is 12.1 Å². The van der Waals surface area contributed by atoms with Crippen molar-refractivity contribution < 1.29 is 5.11 Å². The van der Waals surface area contributed by atoms with Crippen LogP contribution in [0.2, 0.25) is 10.3 Å². The first-order chi connectivity index (χ1) is 7.16. The van der Waals surface area contributed by atoms with Crippen LogP contribution >= 0.6 is 23.2 Å². The van der Waals surface area contributed by atoms with E-state index in [4.69, 9.17) is 28.3 Å². The second-order valence-corrected chi connectivity index (χ2v) is 3.84. The lowest BCUT2D eigenvalue weighted by Gasteiger charge is -2.03. The predicted octanol–water partition coefficient (Wildman–Crippen LogP) is 2.94. The van der Waals surface area contributed by atoms with Gasteiger partial charge in [-0.05, 0) is 17.7 Å². The number of halogens is 2. The van der Waals surface area contributed by atoms with Crippen molar-refractivity contribution in [2.24, 2.45) is 0 Å². The topological polar surface area (TPSA) is 38.0 Å². The first-order valence-electron chi connectivity index (χ1n) is 4.31. The first kappa shape index (κ1) is 10.3. The largest absolute Gasteiger partial charge is 0.508 e. The fraction of sp³-hybridized carbons (Fsp3) is 0.100. The summed E-state index contributed by atoms with van der Waals surface area (Å²) in [4.78, 5) is 3.88. The van der Waals surface area contributed by atoms with Crippen LogP contribution in [-0.4, -0.2) is 14.7 Å². The Labute approximate surface area is 96.9 Å². The van der Waals surface area contributed by atoms with Gasteiger partial charge in [-0.25, -0.2) is 4.98 Å².